The molecule has 0 unspecified atom stereocenters. The van der Waals surface area contributed by atoms with Crippen molar-refractivity contribution >= 4 is 43.4 Å². The Bertz CT molecular complexity index is 1200. The molecule has 0 aliphatic carbocycles. The largest absolute Gasteiger partial charge is 0.285 e. The molecule has 0 spiro atoms. The third kappa shape index (κ3) is 2.18. The molecule has 120 valence electrons. The van der Waals surface area contributed by atoms with Gasteiger partial charge in [0.1, 0.15) is 11.0 Å². The van der Waals surface area contributed by atoms with Gasteiger partial charge in [-0.2, -0.15) is 8.42 Å². The van der Waals surface area contributed by atoms with Crippen molar-refractivity contribution in [2.45, 2.75) is 11.8 Å². The summed E-state index contributed by atoms with van der Waals surface area (Å²) in [6.07, 6.45) is 0. The number of halogens is 1. The van der Waals surface area contributed by atoms with Crippen LogP contribution < -0.4 is 0 Å². The van der Waals surface area contributed by atoms with E-state index in [2.05, 4.69) is 10.3 Å². The number of benzene rings is 3. The molecule has 0 N–H and O–H groups in total. The van der Waals surface area contributed by atoms with Gasteiger partial charge in [0.05, 0.1) is 4.90 Å². The standard InChI is InChI=1S/C17H12ClN3O2S/c1-11-6-8-16-15(10-11)19-20-21(16)24(22,23)17-9-7-14(18)12-4-2-3-5-13(12)17/h2-10H,1H3. The maximum atomic E-state index is 13.1. The van der Waals surface area contributed by atoms with Crippen molar-refractivity contribution in [3.8, 4) is 0 Å². The van der Waals surface area contributed by atoms with Crippen molar-refractivity contribution in [1.82, 2.24) is 14.4 Å². The van der Waals surface area contributed by atoms with Gasteiger partial charge in [0.25, 0.3) is 10.0 Å². The van der Waals surface area contributed by atoms with E-state index < -0.39 is 10.0 Å². The van der Waals surface area contributed by atoms with Crippen LogP contribution in [-0.2, 0) is 10.0 Å². The normalized spacial score (nSPS) is 12.1. The fourth-order valence-corrected chi connectivity index (χ4v) is 4.40. The van der Waals surface area contributed by atoms with Gasteiger partial charge < -0.3 is 0 Å². The lowest BCUT2D eigenvalue weighted by Crippen LogP contribution is -2.15. The van der Waals surface area contributed by atoms with Crippen molar-refractivity contribution in [2.75, 3.05) is 0 Å². The van der Waals surface area contributed by atoms with Gasteiger partial charge in [-0.1, -0.05) is 47.1 Å². The molecule has 1 heterocycles. The summed E-state index contributed by atoms with van der Waals surface area (Å²) in [7, 11) is -3.89. The second-order valence-electron chi connectivity index (χ2n) is 5.52. The first-order chi connectivity index (χ1) is 11.5. The molecule has 3 aromatic carbocycles. The molecule has 24 heavy (non-hydrogen) atoms. The van der Waals surface area contributed by atoms with Crippen LogP contribution in [0, 0.1) is 6.92 Å². The first-order valence-electron chi connectivity index (χ1n) is 7.23. The van der Waals surface area contributed by atoms with E-state index in [0.29, 0.717) is 26.8 Å². The smallest absolute Gasteiger partial charge is 0.199 e. The van der Waals surface area contributed by atoms with Crippen LogP contribution in [0.2, 0.25) is 5.02 Å². The second-order valence-corrected chi connectivity index (χ2v) is 7.66. The number of aromatic nitrogens is 3. The Labute approximate surface area is 143 Å². The fraction of sp³-hybridized carbons (Fsp3) is 0.0588. The average Bonchev–Trinajstić information content (AvgIpc) is 2.99. The summed E-state index contributed by atoms with van der Waals surface area (Å²) in [4.78, 5) is 0.148. The van der Waals surface area contributed by atoms with Gasteiger partial charge in [-0.3, -0.25) is 0 Å². The number of aryl methyl sites for hydroxylation is 1. The first kappa shape index (κ1) is 15.1. The van der Waals surface area contributed by atoms with E-state index in [-0.39, 0.29) is 4.90 Å². The van der Waals surface area contributed by atoms with Crippen LogP contribution in [0.5, 0.6) is 0 Å². The van der Waals surface area contributed by atoms with Crippen LogP contribution >= 0.6 is 11.6 Å². The number of nitrogens with zero attached hydrogens (tertiary/aromatic N) is 3. The van der Waals surface area contributed by atoms with Gasteiger partial charge in [-0.05, 0) is 36.8 Å². The highest BCUT2D eigenvalue weighted by molar-refractivity contribution is 7.90. The summed E-state index contributed by atoms with van der Waals surface area (Å²) in [5.74, 6) is 0. The molecule has 4 aromatic rings. The molecule has 4 rings (SSSR count). The van der Waals surface area contributed by atoms with Crippen LogP contribution in [0.4, 0.5) is 0 Å². The lowest BCUT2D eigenvalue weighted by atomic mass is 10.1. The maximum Gasteiger partial charge on any atom is 0.285 e. The topological polar surface area (TPSA) is 64.8 Å². The molecule has 5 nitrogen and oxygen atoms in total. The monoisotopic (exact) mass is 357 g/mol. The molecule has 0 aliphatic heterocycles. The van der Waals surface area contributed by atoms with Gasteiger partial charge in [-0.15, -0.1) is 9.19 Å². The molecular formula is C17H12ClN3O2S. The Morgan fingerprint density at radius 3 is 2.54 bits per heavy atom. The maximum absolute atomic E-state index is 13.1. The number of hydrogen-bond acceptors (Lipinski definition) is 4. The predicted octanol–water partition coefficient (Wildman–Crippen LogP) is 3.78. The highest BCUT2D eigenvalue weighted by atomic mass is 35.5. The highest BCUT2D eigenvalue weighted by Gasteiger charge is 2.24. The fourth-order valence-electron chi connectivity index (χ4n) is 2.74. The third-order valence-corrected chi connectivity index (χ3v) is 5.87. The van der Waals surface area contributed by atoms with Gasteiger partial charge in [0, 0.05) is 15.8 Å². The van der Waals surface area contributed by atoms with Crippen LogP contribution in [0.1, 0.15) is 5.56 Å². The minimum Gasteiger partial charge on any atom is -0.199 e. The van der Waals surface area contributed by atoms with Gasteiger partial charge >= 0.3 is 0 Å². The van der Waals surface area contributed by atoms with E-state index in [1.807, 2.05) is 19.1 Å². The number of rotatable bonds is 2. The number of hydrogen-bond donors (Lipinski definition) is 0. The van der Waals surface area contributed by atoms with E-state index in [1.165, 1.54) is 6.07 Å². The van der Waals surface area contributed by atoms with Crippen molar-refractivity contribution in [1.29, 1.82) is 0 Å². The summed E-state index contributed by atoms with van der Waals surface area (Å²) in [5.41, 5.74) is 1.97. The molecule has 0 saturated heterocycles. The molecule has 7 heteroatoms. The van der Waals surface area contributed by atoms with Crippen molar-refractivity contribution < 1.29 is 8.42 Å². The van der Waals surface area contributed by atoms with Gasteiger partial charge in [0.2, 0.25) is 0 Å². The van der Waals surface area contributed by atoms with E-state index in [9.17, 15) is 8.42 Å². The summed E-state index contributed by atoms with van der Waals surface area (Å²) in [6.45, 7) is 1.92. The summed E-state index contributed by atoms with van der Waals surface area (Å²) in [5, 5.41) is 9.58. The molecule has 0 aliphatic rings. The minimum atomic E-state index is -3.89. The van der Waals surface area contributed by atoms with Crippen molar-refractivity contribution in [2.24, 2.45) is 0 Å². The Morgan fingerprint density at radius 2 is 1.75 bits per heavy atom. The Hall–Kier alpha value is -2.44. The lowest BCUT2D eigenvalue weighted by Gasteiger charge is -2.09. The molecule has 0 fully saturated rings. The van der Waals surface area contributed by atoms with Crippen LogP contribution in [0.25, 0.3) is 21.8 Å². The molecule has 0 atom stereocenters. The summed E-state index contributed by atoms with van der Waals surface area (Å²) < 4.78 is 27.2. The minimum absolute atomic E-state index is 0.148. The summed E-state index contributed by atoms with van der Waals surface area (Å²) >= 11 is 6.19. The van der Waals surface area contributed by atoms with E-state index in [4.69, 9.17) is 11.6 Å². The Balaban J connectivity index is 2.03. The quantitative estimate of drug-likeness (QED) is 0.547. The summed E-state index contributed by atoms with van der Waals surface area (Å²) in [6, 6.07) is 15.5. The molecule has 0 radical (unpaired) electrons. The van der Waals surface area contributed by atoms with Crippen molar-refractivity contribution in [3.05, 3.63) is 65.2 Å². The van der Waals surface area contributed by atoms with Crippen LogP contribution in [-0.4, -0.2) is 22.8 Å². The molecule has 0 amide bonds. The van der Waals surface area contributed by atoms with Gasteiger partial charge in [0.15, 0.2) is 0 Å². The van der Waals surface area contributed by atoms with E-state index >= 15 is 0 Å². The Kier molecular flexibility index (Phi) is 3.33. The van der Waals surface area contributed by atoms with E-state index in [0.717, 1.165) is 9.65 Å². The number of fused-ring (bicyclic) bond motifs is 2. The molecule has 0 saturated carbocycles. The van der Waals surface area contributed by atoms with Crippen LogP contribution in [0.15, 0.2) is 59.5 Å². The second kappa shape index (κ2) is 5.29. The average molecular weight is 358 g/mol. The predicted molar refractivity (Wildman–Crippen MR) is 93.8 cm³/mol. The first-order valence-corrected chi connectivity index (χ1v) is 9.05. The third-order valence-electron chi connectivity index (χ3n) is 3.91. The molecular weight excluding hydrogens is 346 g/mol. The zero-order chi connectivity index (χ0) is 16.9. The SMILES string of the molecule is Cc1ccc2c(c1)nnn2S(=O)(=O)c1ccc(Cl)c2ccccc12. The van der Waals surface area contributed by atoms with Crippen molar-refractivity contribution in [3.63, 3.8) is 0 Å². The Morgan fingerprint density at radius 1 is 1.00 bits per heavy atom. The zero-order valence-electron chi connectivity index (χ0n) is 12.6. The molecule has 0 bridgehead atoms. The van der Waals surface area contributed by atoms with E-state index in [1.54, 1.807) is 36.4 Å². The lowest BCUT2D eigenvalue weighted by molar-refractivity contribution is 0.580. The van der Waals surface area contributed by atoms with Gasteiger partial charge in [-0.25, -0.2) is 0 Å². The van der Waals surface area contributed by atoms with Crippen LogP contribution in [0.3, 0.4) is 0 Å². The zero-order valence-corrected chi connectivity index (χ0v) is 14.2. The molecule has 1 aromatic heterocycles. The highest BCUT2D eigenvalue weighted by Crippen LogP contribution is 2.31.